The van der Waals surface area contributed by atoms with E-state index in [-0.39, 0.29) is 0 Å². The number of allylic oxidation sites excluding steroid dienone is 2. The zero-order chi connectivity index (χ0) is 66.7. The molecule has 3 heteroatoms. The van der Waals surface area contributed by atoms with Crippen molar-refractivity contribution in [1.29, 1.82) is 0 Å². The number of rotatable bonds is 72. The Hall–Kier alpha value is -2.00. The molecule has 0 unspecified atom stereocenters. The molecule has 542 valence electrons. The van der Waals surface area contributed by atoms with E-state index in [1.165, 1.54) is 426 Å². The Morgan fingerprint density at radius 2 is 0.484 bits per heavy atom. The Kier molecular flexibility index (Phi) is 72.5. The van der Waals surface area contributed by atoms with Crippen molar-refractivity contribution in [3.63, 3.8) is 0 Å². The fraction of sp³-hybridized carbons (Fsp3) is 0.822. The molecule has 93 heavy (non-hydrogen) atoms. The topological polar surface area (TPSA) is 36.4 Å². The molecule has 0 saturated carbocycles. The summed E-state index contributed by atoms with van der Waals surface area (Å²) in [5.41, 5.74) is 16.7. The van der Waals surface area contributed by atoms with Gasteiger partial charge in [0.2, 0.25) is 0 Å². The summed E-state index contributed by atoms with van der Waals surface area (Å²) in [6.45, 7) is 11.4. The molecule has 0 aliphatic carbocycles. The van der Waals surface area contributed by atoms with Crippen molar-refractivity contribution in [3.8, 4) is 0 Å². The van der Waals surface area contributed by atoms with Crippen molar-refractivity contribution in [2.75, 3.05) is 0 Å². The Morgan fingerprint density at radius 3 is 0.710 bits per heavy atom. The zero-order valence-electron chi connectivity index (χ0n) is 63.7. The Morgan fingerprint density at radius 1 is 0.280 bits per heavy atom. The van der Waals surface area contributed by atoms with Gasteiger partial charge in [0.05, 0.1) is 5.57 Å². The van der Waals surface area contributed by atoms with Gasteiger partial charge in [-0.1, -0.05) is 334 Å². The Bertz CT molecular complexity index is 1850. The standard InChI is InChI=1S/C52H84N2.2C19H39.Pd/c1-4-7-10-12-13-14-15-16-17-18-19-20-21-22-23-24-25-26-27-28-29-30-31-33-36-48-39-43-51(44-40-48)52(45-49(46-54-53)34-9-6-3)50-41-37-47(38-42-50)35-32-11-8-5-2;2*1-3-5-7-9-11-13-15-17-19-18-16-14-12-10-8-6-4-2;/h37-45H,4-36H2,1-3H3;2*1,3-19H2,2H3;. The van der Waals surface area contributed by atoms with Crippen molar-refractivity contribution in [1.82, 2.24) is 0 Å². The van der Waals surface area contributed by atoms with Gasteiger partial charge in [0.25, 0.3) is 0 Å². The first kappa shape index (κ1) is 89.0. The van der Waals surface area contributed by atoms with Crippen LogP contribution in [0.15, 0.2) is 60.2 Å². The van der Waals surface area contributed by atoms with Gasteiger partial charge >= 0.3 is 175 Å². The molecule has 0 aliphatic rings. The van der Waals surface area contributed by atoms with Crippen LogP contribution in [-0.4, -0.2) is 10.7 Å². The van der Waals surface area contributed by atoms with Gasteiger partial charge in [-0.05, 0) is 72.4 Å². The van der Waals surface area contributed by atoms with Crippen LogP contribution in [0.1, 0.15) is 474 Å². The molecule has 2 rings (SSSR count). The van der Waals surface area contributed by atoms with Crippen LogP contribution in [0, 0.1) is 0 Å². The van der Waals surface area contributed by atoms with Gasteiger partial charge in [-0.15, -0.1) is 4.79 Å². The minimum atomic E-state index is 0.858. The fourth-order valence-electron chi connectivity index (χ4n) is 13.7. The average molecular weight is 1380 g/mol. The molecule has 2 aromatic rings. The predicted molar refractivity (Wildman–Crippen MR) is 418 cm³/mol. The molecule has 0 spiro atoms. The molecular weight excluding hydrogens is 1220 g/mol. The summed E-state index contributed by atoms with van der Waals surface area (Å²) in [6, 6.07) is 18.3. The summed E-state index contributed by atoms with van der Waals surface area (Å²) >= 11 is 1.06. The van der Waals surface area contributed by atoms with Gasteiger partial charge in [-0.3, -0.25) is 0 Å². The van der Waals surface area contributed by atoms with Gasteiger partial charge in [0.15, 0.2) is 0 Å². The third-order valence-electron chi connectivity index (χ3n) is 20.1. The first-order valence-electron chi connectivity index (χ1n) is 42.4. The number of aryl methyl sites for hydroxylation is 2. The third kappa shape index (κ3) is 63.2. The summed E-state index contributed by atoms with van der Waals surface area (Å²) in [5.74, 6) is 2.85. The van der Waals surface area contributed by atoms with Crippen LogP contribution in [-0.2, 0) is 30.8 Å². The van der Waals surface area contributed by atoms with Crippen LogP contribution in [0.4, 0.5) is 0 Å². The van der Waals surface area contributed by atoms with E-state index in [1.54, 1.807) is 9.79 Å². The van der Waals surface area contributed by atoms with Crippen LogP contribution < -0.4 is 0 Å². The van der Waals surface area contributed by atoms with Crippen LogP contribution in [0.25, 0.3) is 11.1 Å². The van der Waals surface area contributed by atoms with E-state index in [9.17, 15) is 5.53 Å². The summed E-state index contributed by atoms with van der Waals surface area (Å²) in [7, 11) is 0. The molecule has 0 heterocycles. The van der Waals surface area contributed by atoms with Gasteiger partial charge < -0.3 is 5.53 Å². The molecule has 0 fully saturated rings. The second-order valence-electron chi connectivity index (χ2n) is 29.3. The second kappa shape index (κ2) is 75.8. The van der Waals surface area contributed by atoms with Crippen LogP contribution in [0.5, 0.6) is 0 Å². The predicted octanol–water partition coefficient (Wildman–Crippen LogP) is 32.4. The van der Waals surface area contributed by atoms with E-state index in [2.05, 4.69) is 99.9 Å². The molecule has 0 radical (unpaired) electrons. The fourth-order valence-corrected chi connectivity index (χ4v) is 15.6. The molecule has 0 atom stereocenters. The Labute approximate surface area is 592 Å². The number of hydrogen-bond acceptors (Lipinski definition) is 0. The van der Waals surface area contributed by atoms with E-state index in [1.807, 2.05) is 0 Å². The van der Waals surface area contributed by atoms with Crippen molar-refractivity contribution < 1.29 is 22.8 Å². The molecule has 2 nitrogen and oxygen atoms in total. The molecule has 0 N–H and O–H groups in total. The molecule has 0 bridgehead atoms. The molecule has 2 aromatic carbocycles. The average Bonchev–Trinajstić information content (AvgIpc) is 1.01. The minimum absolute atomic E-state index is 0.858. The maximum absolute atomic E-state index is 9.32. The van der Waals surface area contributed by atoms with Crippen molar-refractivity contribution >= 4 is 11.4 Å². The molecular formula is C90H162N2Pd. The van der Waals surface area contributed by atoms with Gasteiger partial charge in [0.1, 0.15) is 0 Å². The smallest absolute Gasteiger partial charge is 0.0654 e. The normalized spacial score (nSPS) is 11.6. The van der Waals surface area contributed by atoms with Gasteiger partial charge in [0, 0.05) is 0 Å². The quantitative estimate of drug-likeness (QED) is 0.0158. The summed E-state index contributed by atoms with van der Waals surface area (Å²) in [5, 5.41) is 0. The summed E-state index contributed by atoms with van der Waals surface area (Å²) < 4.78 is 0. The molecule has 0 saturated heterocycles. The van der Waals surface area contributed by atoms with Gasteiger partial charge in [-0.25, -0.2) is 0 Å². The summed E-state index contributed by atoms with van der Waals surface area (Å²) in [4.78, 5) is 6.37. The van der Waals surface area contributed by atoms with E-state index in [0.717, 1.165) is 55.7 Å². The van der Waals surface area contributed by atoms with Gasteiger partial charge in [-0.2, -0.15) is 0 Å². The van der Waals surface area contributed by atoms with E-state index in [0.29, 0.717) is 0 Å². The molecule has 0 aromatic heterocycles. The van der Waals surface area contributed by atoms with Crippen LogP contribution in [0.2, 0.25) is 9.79 Å². The second-order valence-corrected chi connectivity index (χ2v) is 31.6. The SMILES string of the molecule is CCCCCCCCCCCCCCCCCCCCCCCCCCc1ccc(C(=CC(=C=[N+]=[N-])CCCC)c2ccc(CCCCCC)cc2)cc1.CCCCCCCCCCCCCCCCCC[CH2][Pd][CH2]CCCCCCCCCCCCCCCCCC. The first-order chi connectivity index (χ1) is 46.1. The zero-order valence-corrected chi connectivity index (χ0v) is 65.3. The maximum atomic E-state index is 9.32. The van der Waals surface area contributed by atoms with Crippen molar-refractivity contribution in [2.45, 2.75) is 475 Å². The Balaban J connectivity index is 0.000000983. The first-order valence-corrected chi connectivity index (χ1v) is 44.6. The number of benzene rings is 2. The molecule has 0 amide bonds. The summed E-state index contributed by atoms with van der Waals surface area (Å²) in [6.07, 6.45) is 97.6. The monoisotopic (exact) mass is 1380 g/mol. The molecule has 0 aliphatic heterocycles. The van der Waals surface area contributed by atoms with Crippen LogP contribution in [0.3, 0.4) is 0 Å². The van der Waals surface area contributed by atoms with Crippen molar-refractivity contribution in [2.24, 2.45) is 0 Å². The third-order valence-corrected chi connectivity index (χ3v) is 22.3. The van der Waals surface area contributed by atoms with E-state index >= 15 is 0 Å². The number of unbranched alkanes of at least 4 members (excludes halogenated alkanes) is 59. The van der Waals surface area contributed by atoms with E-state index in [4.69, 9.17) is 0 Å². The number of nitrogens with zero attached hydrogens (tertiary/aromatic N) is 2. The van der Waals surface area contributed by atoms with Crippen molar-refractivity contribution in [3.05, 3.63) is 88.0 Å². The van der Waals surface area contributed by atoms with Crippen LogP contribution >= 0.6 is 0 Å². The minimum Gasteiger partial charge on any atom is -0.0654 e. The van der Waals surface area contributed by atoms with E-state index < -0.39 is 0 Å². The number of hydrogen-bond donors (Lipinski definition) is 0.